The molecular formula is C19H33NO. The summed E-state index contributed by atoms with van der Waals surface area (Å²) in [6.45, 7) is 16.4. The normalized spacial score (nSPS) is 13.5. The van der Waals surface area contributed by atoms with Crippen LogP contribution >= 0.6 is 0 Å². The molecule has 0 fully saturated rings. The molecule has 1 atom stereocenters. The molecule has 1 unspecified atom stereocenters. The van der Waals surface area contributed by atoms with Gasteiger partial charge in [0.25, 0.3) is 0 Å². The first-order valence-corrected chi connectivity index (χ1v) is 8.31. The minimum Gasteiger partial charge on any atom is -0.489 e. The molecule has 0 heterocycles. The molecule has 0 bridgehead atoms. The lowest BCUT2D eigenvalue weighted by molar-refractivity contribution is 0.186. The van der Waals surface area contributed by atoms with Crippen molar-refractivity contribution in [3.8, 4) is 5.75 Å². The third-order valence-electron chi connectivity index (χ3n) is 3.76. The molecule has 1 N–H and O–H groups in total. The van der Waals surface area contributed by atoms with E-state index in [2.05, 4.69) is 72.0 Å². The number of benzene rings is 1. The fourth-order valence-corrected chi connectivity index (χ4v) is 2.30. The Labute approximate surface area is 131 Å². The molecule has 1 aromatic carbocycles. The van der Waals surface area contributed by atoms with Gasteiger partial charge in [-0.2, -0.15) is 0 Å². The Bertz CT molecular complexity index is 432. The van der Waals surface area contributed by atoms with Crippen LogP contribution in [0.25, 0.3) is 0 Å². The van der Waals surface area contributed by atoms with E-state index >= 15 is 0 Å². The summed E-state index contributed by atoms with van der Waals surface area (Å²) in [5, 5.41) is 3.47. The van der Waals surface area contributed by atoms with Crippen molar-refractivity contribution in [1.82, 2.24) is 5.32 Å². The summed E-state index contributed by atoms with van der Waals surface area (Å²) in [5.41, 5.74) is 2.79. The average Bonchev–Trinajstić information content (AvgIpc) is 2.42. The van der Waals surface area contributed by atoms with Gasteiger partial charge in [-0.1, -0.05) is 60.6 Å². The maximum atomic E-state index is 6.31. The van der Waals surface area contributed by atoms with Gasteiger partial charge >= 0.3 is 0 Å². The van der Waals surface area contributed by atoms with Crippen molar-refractivity contribution >= 4 is 0 Å². The Balaban J connectivity index is 2.95. The fraction of sp³-hybridized carbons (Fsp3) is 0.684. The summed E-state index contributed by atoms with van der Waals surface area (Å²) in [6.07, 6.45) is 2.30. The summed E-state index contributed by atoms with van der Waals surface area (Å²) >= 11 is 0. The van der Waals surface area contributed by atoms with E-state index in [9.17, 15) is 0 Å². The van der Waals surface area contributed by atoms with Crippen LogP contribution in [0, 0.1) is 0 Å². The summed E-state index contributed by atoms with van der Waals surface area (Å²) in [7, 11) is 0. The third kappa shape index (κ3) is 5.70. The van der Waals surface area contributed by atoms with Crippen LogP contribution in [0.15, 0.2) is 18.2 Å². The quantitative estimate of drug-likeness (QED) is 0.786. The molecule has 0 spiro atoms. The van der Waals surface area contributed by atoms with Gasteiger partial charge in [-0.05, 0) is 35.4 Å². The predicted octanol–water partition coefficient (Wildman–Crippen LogP) is 4.70. The molecule has 21 heavy (non-hydrogen) atoms. The molecule has 0 aromatic heterocycles. The molecule has 0 amide bonds. The average molecular weight is 291 g/mol. The van der Waals surface area contributed by atoms with Gasteiger partial charge in [0.1, 0.15) is 11.9 Å². The van der Waals surface area contributed by atoms with E-state index in [0.717, 1.165) is 25.1 Å². The summed E-state index contributed by atoms with van der Waals surface area (Å²) in [5.74, 6) is 1.04. The van der Waals surface area contributed by atoms with E-state index in [1.807, 2.05) is 0 Å². The zero-order valence-corrected chi connectivity index (χ0v) is 14.9. The van der Waals surface area contributed by atoms with E-state index < -0.39 is 0 Å². The molecule has 0 radical (unpaired) electrons. The Morgan fingerprint density at radius 1 is 1.14 bits per heavy atom. The molecule has 0 saturated carbocycles. The Hall–Kier alpha value is -1.02. The Morgan fingerprint density at radius 3 is 2.29 bits per heavy atom. The van der Waals surface area contributed by atoms with Crippen LogP contribution in [0.3, 0.4) is 0 Å². The van der Waals surface area contributed by atoms with Crippen LogP contribution in [0.1, 0.15) is 66.0 Å². The first kappa shape index (κ1) is 18.0. The number of ether oxygens (including phenoxy) is 1. The molecule has 120 valence electrons. The van der Waals surface area contributed by atoms with Crippen molar-refractivity contribution in [3.63, 3.8) is 0 Å². The van der Waals surface area contributed by atoms with Gasteiger partial charge in [-0.3, -0.25) is 0 Å². The lowest BCUT2D eigenvalue weighted by Gasteiger charge is -2.27. The molecule has 2 heteroatoms. The highest BCUT2D eigenvalue weighted by molar-refractivity contribution is 5.41. The van der Waals surface area contributed by atoms with Crippen LogP contribution in [0.4, 0.5) is 0 Å². The zero-order chi connectivity index (χ0) is 16.0. The first-order valence-electron chi connectivity index (χ1n) is 8.31. The molecule has 1 rings (SSSR count). The van der Waals surface area contributed by atoms with Crippen molar-refractivity contribution in [3.05, 3.63) is 29.3 Å². The van der Waals surface area contributed by atoms with Gasteiger partial charge < -0.3 is 10.1 Å². The Kier molecular flexibility index (Phi) is 6.73. The van der Waals surface area contributed by atoms with Crippen molar-refractivity contribution in [2.45, 2.75) is 78.9 Å². The molecular weight excluding hydrogens is 258 g/mol. The highest BCUT2D eigenvalue weighted by atomic mass is 16.5. The topological polar surface area (TPSA) is 21.3 Å². The van der Waals surface area contributed by atoms with Gasteiger partial charge in [-0.15, -0.1) is 0 Å². The smallest absolute Gasteiger partial charge is 0.123 e. The van der Waals surface area contributed by atoms with Gasteiger partial charge in [0, 0.05) is 12.6 Å². The van der Waals surface area contributed by atoms with Crippen molar-refractivity contribution in [1.29, 1.82) is 0 Å². The fourth-order valence-electron chi connectivity index (χ4n) is 2.30. The number of aryl methyl sites for hydroxylation is 1. The van der Waals surface area contributed by atoms with Gasteiger partial charge in [-0.25, -0.2) is 0 Å². The Morgan fingerprint density at radius 2 is 1.81 bits per heavy atom. The number of hydrogen-bond acceptors (Lipinski definition) is 2. The highest BCUT2D eigenvalue weighted by Crippen LogP contribution is 2.33. The van der Waals surface area contributed by atoms with Crippen LogP contribution in [-0.2, 0) is 11.8 Å². The van der Waals surface area contributed by atoms with E-state index in [-0.39, 0.29) is 11.5 Å². The van der Waals surface area contributed by atoms with Crippen molar-refractivity contribution in [2.75, 3.05) is 6.54 Å². The van der Waals surface area contributed by atoms with Crippen LogP contribution in [0.5, 0.6) is 5.75 Å². The number of rotatable bonds is 7. The monoisotopic (exact) mass is 291 g/mol. The molecule has 1 aromatic rings. The highest BCUT2D eigenvalue weighted by Gasteiger charge is 2.21. The van der Waals surface area contributed by atoms with Crippen LogP contribution in [-0.4, -0.2) is 18.7 Å². The lowest BCUT2D eigenvalue weighted by atomic mass is 9.85. The van der Waals surface area contributed by atoms with Crippen LogP contribution in [0.2, 0.25) is 0 Å². The number of nitrogens with one attached hydrogen (secondary N) is 1. The second-order valence-electron chi connectivity index (χ2n) is 7.15. The van der Waals surface area contributed by atoms with Gasteiger partial charge in [0.05, 0.1) is 0 Å². The van der Waals surface area contributed by atoms with Crippen LogP contribution < -0.4 is 10.1 Å². The van der Waals surface area contributed by atoms with Gasteiger partial charge in [0.2, 0.25) is 0 Å². The molecule has 0 saturated heterocycles. The maximum Gasteiger partial charge on any atom is 0.123 e. The van der Waals surface area contributed by atoms with Crippen molar-refractivity contribution < 1.29 is 4.74 Å². The lowest BCUT2D eigenvalue weighted by Crippen LogP contribution is -2.35. The summed E-state index contributed by atoms with van der Waals surface area (Å²) < 4.78 is 6.31. The van der Waals surface area contributed by atoms with E-state index in [0.29, 0.717) is 6.04 Å². The summed E-state index contributed by atoms with van der Waals surface area (Å²) in [6, 6.07) is 7.13. The van der Waals surface area contributed by atoms with E-state index in [4.69, 9.17) is 4.74 Å². The summed E-state index contributed by atoms with van der Waals surface area (Å²) in [4.78, 5) is 0. The second-order valence-corrected chi connectivity index (χ2v) is 7.15. The van der Waals surface area contributed by atoms with Gasteiger partial charge in [0.15, 0.2) is 0 Å². The largest absolute Gasteiger partial charge is 0.489 e. The molecule has 0 aliphatic rings. The standard InChI is InChI=1S/C19H33NO/c1-8-15-10-11-18(17(12-15)19(5,6)7)21-16(9-2)13-20-14(3)4/h10-12,14,16,20H,8-9,13H2,1-7H3. The third-order valence-corrected chi connectivity index (χ3v) is 3.76. The predicted molar refractivity (Wildman–Crippen MR) is 92.4 cm³/mol. The van der Waals surface area contributed by atoms with Crippen molar-refractivity contribution in [2.24, 2.45) is 0 Å². The van der Waals surface area contributed by atoms with E-state index in [1.54, 1.807) is 0 Å². The second kappa shape index (κ2) is 7.84. The molecule has 0 aliphatic carbocycles. The number of hydrogen-bond donors (Lipinski definition) is 1. The minimum absolute atomic E-state index is 0.101. The van der Waals surface area contributed by atoms with E-state index in [1.165, 1.54) is 11.1 Å². The first-order chi connectivity index (χ1) is 9.77. The molecule has 2 nitrogen and oxygen atoms in total. The molecule has 0 aliphatic heterocycles. The zero-order valence-electron chi connectivity index (χ0n) is 14.9. The SMILES string of the molecule is CCc1ccc(OC(CC)CNC(C)C)c(C(C)(C)C)c1. The maximum absolute atomic E-state index is 6.31. The minimum atomic E-state index is 0.101.